The first-order valence-electron chi connectivity index (χ1n) is 7.81. The molecular formula is C16H25N5. The van der Waals surface area contributed by atoms with Crippen molar-refractivity contribution in [3.8, 4) is 0 Å². The van der Waals surface area contributed by atoms with Crippen LogP contribution < -0.4 is 11.1 Å². The fraction of sp³-hybridized carbons (Fsp3) is 0.562. The van der Waals surface area contributed by atoms with E-state index in [1.54, 1.807) is 0 Å². The van der Waals surface area contributed by atoms with E-state index in [-0.39, 0.29) is 0 Å². The van der Waals surface area contributed by atoms with Crippen molar-refractivity contribution in [1.82, 2.24) is 14.5 Å². The summed E-state index contributed by atoms with van der Waals surface area (Å²) in [5, 5.41) is 8.07. The van der Waals surface area contributed by atoms with Crippen molar-refractivity contribution < 1.29 is 0 Å². The van der Waals surface area contributed by atoms with Crippen LogP contribution in [0.4, 0.5) is 11.5 Å². The maximum atomic E-state index is 6.25. The zero-order chi connectivity index (χ0) is 15.0. The number of anilines is 2. The zero-order valence-corrected chi connectivity index (χ0v) is 13.2. The summed E-state index contributed by atoms with van der Waals surface area (Å²) in [5.74, 6) is 0.812. The van der Waals surface area contributed by atoms with Gasteiger partial charge in [0.1, 0.15) is 5.69 Å². The third-order valence-electron chi connectivity index (χ3n) is 4.53. The maximum Gasteiger partial charge on any atom is 0.172 e. The summed E-state index contributed by atoms with van der Waals surface area (Å²) in [6.45, 7) is 6.22. The number of nitrogens with zero attached hydrogens (tertiary/aromatic N) is 3. The van der Waals surface area contributed by atoms with Crippen molar-refractivity contribution >= 4 is 17.0 Å². The number of rotatable bonds is 5. The Bertz CT molecular complexity index is 644. The van der Waals surface area contributed by atoms with Crippen LogP contribution in [0.5, 0.6) is 0 Å². The summed E-state index contributed by atoms with van der Waals surface area (Å²) in [5.41, 5.74) is 10.8. The lowest BCUT2D eigenvalue weighted by Gasteiger charge is -2.20. The van der Waals surface area contributed by atoms with E-state index < -0.39 is 0 Å². The number of pyridine rings is 1. The first-order valence-corrected chi connectivity index (χ1v) is 7.81. The van der Waals surface area contributed by atoms with Crippen LogP contribution in [0.3, 0.4) is 0 Å². The van der Waals surface area contributed by atoms with Crippen LogP contribution in [0, 0.1) is 0 Å². The summed E-state index contributed by atoms with van der Waals surface area (Å²) in [7, 11) is 2.13. The number of hydrogen-bond acceptors (Lipinski definition) is 4. The second-order valence-electron chi connectivity index (χ2n) is 6.22. The number of likely N-dealkylation sites (N-methyl/N-ethyl adjacent to an activating group) is 1. The first-order chi connectivity index (χ1) is 10.1. The molecule has 0 saturated carbocycles. The van der Waals surface area contributed by atoms with E-state index in [9.17, 15) is 0 Å². The molecule has 3 rings (SSSR count). The molecule has 0 atom stereocenters. The van der Waals surface area contributed by atoms with Crippen LogP contribution in [0.25, 0.3) is 5.52 Å². The van der Waals surface area contributed by atoms with Crippen LogP contribution in [-0.4, -0.2) is 40.7 Å². The molecule has 0 aliphatic heterocycles. The summed E-state index contributed by atoms with van der Waals surface area (Å²) in [6.07, 6.45) is 3.48. The van der Waals surface area contributed by atoms with E-state index >= 15 is 0 Å². The van der Waals surface area contributed by atoms with E-state index in [1.807, 2.05) is 4.52 Å². The van der Waals surface area contributed by atoms with Crippen molar-refractivity contribution in [2.45, 2.75) is 39.2 Å². The average molecular weight is 287 g/mol. The van der Waals surface area contributed by atoms with Crippen molar-refractivity contribution in [2.24, 2.45) is 0 Å². The number of aryl methyl sites for hydroxylation is 2. The van der Waals surface area contributed by atoms with Gasteiger partial charge in [0.2, 0.25) is 0 Å². The number of fused-ring (bicyclic) bond motifs is 3. The van der Waals surface area contributed by atoms with Gasteiger partial charge < -0.3 is 16.0 Å². The Morgan fingerprint density at radius 1 is 1.38 bits per heavy atom. The second kappa shape index (κ2) is 5.56. The van der Waals surface area contributed by atoms with Gasteiger partial charge in [-0.1, -0.05) is 6.07 Å². The Hall–Kier alpha value is -1.75. The third kappa shape index (κ3) is 2.58. The van der Waals surface area contributed by atoms with Gasteiger partial charge >= 0.3 is 0 Å². The minimum absolute atomic E-state index is 0.550. The van der Waals surface area contributed by atoms with Crippen LogP contribution in [-0.2, 0) is 12.8 Å². The van der Waals surface area contributed by atoms with Gasteiger partial charge in [0.25, 0.3) is 0 Å². The predicted molar refractivity (Wildman–Crippen MR) is 87.9 cm³/mol. The minimum Gasteiger partial charge on any atom is -0.394 e. The molecule has 1 aliphatic rings. The van der Waals surface area contributed by atoms with Crippen molar-refractivity contribution in [2.75, 3.05) is 31.2 Å². The quantitative estimate of drug-likeness (QED) is 0.885. The smallest absolute Gasteiger partial charge is 0.172 e. The van der Waals surface area contributed by atoms with E-state index in [0.717, 1.165) is 43.0 Å². The summed E-state index contributed by atoms with van der Waals surface area (Å²) in [6, 6.07) is 4.85. The van der Waals surface area contributed by atoms with Gasteiger partial charge in [-0.15, -0.1) is 5.10 Å². The number of nitrogens with one attached hydrogen (secondary N) is 1. The van der Waals surface area contributed by atoms with E-state index in [0.29, 0.717) is 6.04 Å². The molecule has 114 valence electrons. The fourth-order valence-corrected chi connectivity index (χ4v) is 2.90. The Balaban J connectivity index is 1.79. The van der Waals surface area contributed by atoms with Crippen molar-refractivity contribution in [3.63, 3.8) is 0 Å². The molecule has 2 aromatic heterocycles. The molecule has 3 N–H and O–H groups in total. The van der Waals surface area contributed by atoms with Gasteiger partial charge in [-0.25, -0.2) is 4.52 Å². The predicted octanol–water partition coefficient (Wildman–Crippen LogP) is 2.16. The SMILES string of the molecule is CC(C)N(C)CCNc1nn2c3c(ccc2c1N)CCC3. The fourth-order valence-electron chi connectivity index (χ4n) is 2.90. The second-order valence-corrected chi connectivity index (χ2v) is 6.22. The van der Waals surface area contributed by atoms with Gasteiger partial charge in [0, 0.05) is 24.8 Å². The van der Waals surface area contributed by atoms with Gasteiger partial charge in [-0.05, 0) is 51.8 Å². The number of nitrogens with two attached hydrogens (primary N) is 1. The van der Waals surface area contributed by atoms with Crippen LogP contribution in [0.1, 0.15) is 31.5 Å². The Morgan fingerprint density at radius 3 is 2.95 bits per heavy atom. The van der Waals surface area contributed by atoms with Crippen LogP contribution in [0.2, 0.25) is 0 Å². The number of hydrogen-bond donors (Lipinski definition) is 2. The molecule has 0 aromatic carbocycles. The molecule has 0 bridgehead atoms. The number of nitrogen functional groups attached to an aromatic ring is 1. The average Bonchev–Trinajstić information content (AvgIpc) is 3.04. The molecule has 5 heteroatoms. The molecule has 5 nitrogen and oxygen atoms in total. The summed E-state index contributed by atoms with van der Waals surface area (Å²) >= 11 is 0. The van der Waals surface area contributed by atoms with Gasteiger partial charge in [-0.3, -0.25) is 0 Å². The van der Waals surface area contributed by atoms with Gasteiger partial charge in [-0.2, -0.15) is 0 Å². The van der Waals surface area contributed by atoms with Gasteiger partial charge in [0.05, 0.1) is 5.52 Å². The Labute approximate surface area is 126 Å². The highest BCUT2D eigenvalue weighted by molar-refractivity contribution is 5.81. The van der Waals surface area contributed by atoms with Gasteiger partial charge in [0.15, 0.2) is 5.82 Å². The molecule has 0 unspecified atom stereocenters. The number of aromatic nitrogens is 2. The lowest BCUT2D eigenvalue weighted by molar-refractivity contribution is 0.284. The highest BCUT2D eigenvalue weighted by Gasteiger charge is 2.18. The molecule has 0 saturated heterocycles. The molecular weight excluding hydrogens is 262 g/mol. The maximum absolute atomic E-state index is 6.25. The van der Waals surface area contributed by atoms with Crippen molar-refractivity contribution in [1.29, 1.82) is 0 Å². The molecule has 0 amide bonds. The molecule has 2 heterocycles. The van der Waals surface area contributed by atoms with E-state index in [1.165, 1.54) is 17.7 Å². The van der Waals surface area contributed by atoms with Crippen LogP contribution in [0.15, 0.2) is 12.1 Å². The standard InChI is InChI=1S/C16H25N5/c1-11(2)20(3)10-9-18-16-15(17)14-8-7-12-5-4-6-13(12)21(14)19-16/h7-8,11H,4-6,9-10,17H2,1-3H3,(H,18,19). The first kappa shape index (κ1) is 14.2. The zero-order valence-electron chi connectivity index (χ0n) is 13.2. The van der Waals surface area contributed by atoms with Crippen molar-refractivity contribution in [3.05, 3.63) is 23.4 Å². The summed E-state index contributed by atoms with van der Waals surface area (Å²) < 4.78 is 2.03. The topological polar surface area (TPSA) is 58.6 Å². The van der Waals surface area contributed by atoms with Crippen LogP contribution >= 0.6 is 0 Å². The molecule has 0 fully saturated rings. The summed E-state index contributed by atoms with van der Waals surface area (Å²) in [4.78, 5) is 2.30. The largest absolute Gasteiger partial charge is 0.394 e. The third-order valence-corrected chi connectivity index (χ3v) is 4.53. The minimum atomic E-state index is 0.550. The highest BCUT2D eigenvalue weighted by atomic mass is 15.3. The lowest BCUT2D eigenvalue weighted by atomic mass is 10.2. The lowest BCUT2D eigenvalue weighted by Crippen LogP contribution is -2.31. The Kier molecular flexibility index (Phi) is 3.76. The normalized spacial score (nSPS) is 14.3. The molecule has 0 spiro atoms. The highest BCUT2D eigenvalue weighted by Crippen LogP contribution is 2.29. The van der Waals surface area contributed by atoms with E-state index in [4.69, 9.17) is 5.73 Å². The molecule has 2 aromatic rings. The van der Waals surface area contributed by atoms with E-state index in [2.05, 4.69) is 48.3 Å². The monoisotopic (exact) mass is 287 g/mol. The Morgan fingerprint density at radius 2 is 2.19 bits per heavy atom. The molecule has 1 aliphatic carbocycles. The molecule has 0 radical (unpaired) electrons. The molecule has 21 heavy (non-hydrogen) atoms.